The van der Waals surface area contributed by atoms with Crippen molar-refractivity contribution in [1.29, 1.82) is 0 Å². The maximum Gasteiger partial charge on any atom is 0.246 e. The summed E-state index contributed by atoms with van der Waals surface area (Å²) < 4.78 is 5.80. The third-order valence-electron chi connectivity index (χ3n) is 5.87. The van der Waals surface area contributed by atoms with Crippen molar-refractivity contribution >= 4 is 50.6 Å². The van der Waals surface area contributed by atoms with Crippen LogP contribution in [0.3, 0.4) is 0 Å². The van der Waals surface area contributed by atoms with Gasteiger partial charge in [0.25, 0.3) is 0 Å². The van der Waals surface area contributed by atoms with Crippen LogP contribution in [-0.4, -0.2) is 62.8 Å². The van der Waals surface area contributed by atoms with Gasteiger partial charge in [-0.25, -0.2) is 9.97 Å². The molecule has 1 amide bonds. The van der Waals surface area contributed by atoms with Crippen LogP contribution in [0.4, 0.5) is 11.5 Å². The van der Waals surface area contributed by atoms with Gasteiger partial charge in [-0.2, -0.15) is 0 Å². The number of carbonyl (C=O) groups excluding carboxylic acids is 1. The number of aromatic nitrogens is 4. The molecular weight excluding hydrogens is 510 g/mol. The summed E-state index contributed by atoms with van der Waals surface area (Å²) in [6.45, 7) is 2.24. The molecule has 3 aromatic heterocycles. The SMILES string of the molecule is CN(C)CC=CC(=O)N1CCc2c(sc3ncnc(Nc4ccc(OCc5cnccn5)c(Cl)c4)c23)C1. The van der Waals surface area contributed by atoms with Crippen molar-refractivity contribution in [2.45, 2.75) is 19.6 Å². The number of thiophene rings is 1. The average Bonchev–Trinajstić information content (AvgIpc) is 3.27. The second kappa shape index (κ2) is 11.2. The lowest BCUT2D eigenvalue weighted by Crippen LogP contribution is -2.34. The van der Waals surface area contributed by atoms with E-state index in [-0.39, 0.29) is 12.5 Å². The molecule has 190 valence electrons. The van der Waals surface area contributed by atoms with Crippen LogP contribution >= 0.6 is 22.9 Å². The number of nitrogens with zero attached hydrogens (tertiary/aromatic N) is 6. The van der Waals surface area contributed by atoms with E-state index in [0.717, 1.165) is 45.3 Å². The summed E-state index contributed by atoms with van der Waals surface area (Å²) in [5, 5.41) is 4.87. The second-order valence-corrected chi connectivity index (χ2v) is 10.3. The zero-order valence-corrected chi connectivity index (χ0v) is 22.1. The zero-order chi connectivity index (χ0) is 25.8. The van der Waals surface area contributed by atoms with Gasteiger partial charge in [0, 0.05) is 42.1 Å². The molecule has 0 saturated heterocycles. The molecule has 9 nitrogen and oxygen atoms in total. The molecule has 1 aliphatic heterocycles. The minimum Gasteiger partial charge on any atom is -0.486 e. The fourth-order valence-corrected chi connectivity index (χ4v) is 5.51. The van der Waals surface area contributed by atoms with Crippen molar-refractivity contribution in [3.05, 3.63) is 76.4 Å². The van der Waals surface area contributed by atoms with E-state index in [2.05, 4.69) is 25.3 Å². The van der Waals surface area contributed by atoms with Crippen LogP contribution < -0.4 is 10.1 Å². The Kier molecular flexibility index (Phi) is 7.59. The van der Waals surface area contributed by atoms with Crippen molar-refractivity contribution in [3.8, 4) is 5.75 Å². The summed E-state index contributed by atoms with van der Waals surface area (Å²) in [4.78, 5) is 35.9. The summed E-state index contributed by atoms with van der Waals surface area (Å²) in [5.74, 6) is 1.31. The van der Waals surface area contributed by atoms with E-state index in [1.54, 1.807) is 48.4 Å². The summed E-state index contributed by atoms with van der Waals surface area (Å²) in [6.07, 6.45) is 10.8. The summed E-state index contributed by atoms with van der Waals surface area (Å²) in [5.41, 5.74) is 2.70. The molecule has 4 heterocycles. The number of anilines is 2. The predicted molar refractivity (Wildman–Crippen MR) is 145 cm³/mol. The molecule has 0 fully saturated rings. The molecule has 11 heteroatoms. The molecule has 1 N–H and O–H groups in total. The Morgan fingerprint density at radius 1 is 1.27 bits per heavy atom. The van der Waals surface area contributed by atoms with Crippen molar-refractivity contribution in [1.82, 2.24) is 29.7 Å². The highest BCUT2D eigenvalue weighted by Crippen LogP contribution is 2.38. The van der Waals surface area contributed by atoms with Gasteiger partial charge in [-0.15, -0.1) is 11.3 Å². The molecule has 0 radical (unpaired) electrons. The van der Waals surface area contributed by atoms with E-state index in [1.165, 1.54) is 5.56 Å². The number of halogens is 1. The van der Waals surface area contributed by atoms with E-state index in [9.17, 15) is 4.79 Å². The molecule has 1 aliphatic rings. The number of benzene rings is 1. The minimum absolute atomic E-state index is 0.0330. The molecule has 0 aliphatic carbocycles. The van der Waals surface area contributed by atoms with Crippen LogP contribution in [0.2, 0.25) is 5.02 Å². The molecular formula is C26H26ClN7O2S. The maximum atomic E-state index is 12.7. The molecule has 0 unspecified atom stereocenters. The second-order valence-electron chi connectivity index (χ2n) is 8.84. The highest BCUT2D eigenvalue weighted by Gasteiger charge is 2.25. The Hall–Kier alpha value is -3.60. The standard InChI is InChI=1S/C26H26ClN7O2S/c1-33(2)10-3-4-23(35)34-11-7-19-22(14-34)37-26-24(19)25(30-16-31-26)32-17-5-6-21(20(27)12-17)36-15-18-13-28-8-9-29-18/h3-6,8-9,12-13,16H,7,10-11,14-15H2,1-2H3,(H,30,31,32). The molecule has 1 aromatic carbocycles. The van der Waals surface area contributed by atoms with Gasteiger partial charge in [-0.05, 0) is 44.3 Å². The van der Waals surface area contributed by atoms with Gasteiger partial charge in [-0.3, -0.25) is 14.8 Å². The summed E-state index contributed by atoms with van der Waals surface area (Å²) >= 11 is 8.11. The van der Waals surface area contributed by atoms with Gasteiger partial charge in [-0.1, -0.05) is 17.7 Å². The largest absolute Gasteiger partial charge is 0.486 e. The topological polar surface area (TPSA) is 96.4 Å². The van der Waals surface area contributed by atoms with Gasteiger partial charge < -0.3 is 19.9 Å². The van der Waals surface area contributed by atoms with Crippen LogP contribution in [-0.2, 0) is 24.4 Å². The van der Waals surface area contributed by atoms with E-state index in [4.69, 9.17) is 16.3 Å². The lowest BCUT2D eigenvalue weighted by molar-refractivity contribution is -0.126. The van der Waals surface area contributed by atoms with E-state index in [1.807, 2.05) is 42.1 Å². The quantitative estimate of drug-likeness (QED) is 0.330. The molecule has 5 rings (SSSR count). The molecule has 0 atom stereocenters. The number of likely N-dealkylation sites (N-methyl/N-ethyl adjacent to an activating group) is 1. The molecule has 0 bridgehead atoms. The van der Waals surface area contributed by atoms with Crippen LogP contribution in [0.15, 0.2) is 55.3 Å². The molecule has 37 heavy (non-hydrogen) atoms. The van der Waals surface area contributed by atoms with E-state index < -0.39 is 0 Å². The molecule has 0 spiro atoms. The van der Waals surface area contributed by atoms with Crippen molar-refractivity contribution in [3.63, 3.8) is 0 Å². The van der Waals surface area contributed by atoms with Crippen LogP contribution in [0.25, 0.3) is 10.2 Å². The number of carbonyl (C=O) groups is 1. The number of rotatable bonds is 8. The first-order valence-electron chi connectivity index (χ1n) is 11.8. The number of ether oxygens (including phenoxy) is 1. The summed E-state index contributed by atoms with van der Waals surface area (Å²) in [6, 6.07) is 5.52. The molecule has 4 aromatic rings. The number of nitrogens with one attached hydrogen (secondary N) is 1. The van der Waals surface area contributed by atoms with Gasteiger partial charge in [0.15, 0.2) is 0 Å². The highest BCUT2D eigenvalue weighted by molar-refractivity contribution is 7.19. The normalized spacial score (nSPS) is 13.4. The Bertz CT molecular complexity index is 1440. The smallest absolute Gasteiger partial charge is 0.246 e. The zero-order valence-electron chi connectivity index (χ0n) is 20.5. The predicted octanol–water partition coefficient (Wildman–Crippen LogP) is 4.46. The third kappa shape index (κ3) is 5.87. The third-order valence-corrected chi connectivity index (χ3v) is 7.29. The fraction of sp³-hybridized carbons (Fsp3) is 0.269. The van der Waals surface area contributed by atoms with Crippen LogP contribution in [0, 0.1) is 0 Å². The van der Waals surface area contributed by atoms with Gasteiger partial charge in [0.05, 0.1) is 28.8 Å². The van der Waals surface area contributed by atoms with Gasteiger partial charge in [0.1, 0.15) is 29.3 Å². The lowest BCUT2D eigenvalue weighted by atomic mass is 10.0. The first kappa shape index (κ1) is 25.1. The first-order valence-corrected chi connectivity index (χ1v) is 13.0. The number of fused-ring (bicyclic) bond motifs is 3. The monoisotopic (exact) mass is 535 g/mol. The molecule has 0 saturated carbocycles. The average molecular weight is 536 g/mol. The number of hydrogen-bond donors (Lipinski definition) is 1. The highest BCUT2D eigenvalue weighted by atomic mass is 35.5. The first-order chi connectivity index (χ1) is 18.0. The van der Waals surface area contributed by atoms with Crippen LogP contribution in [0.1, 0.15) is 16.1 Å². The fourth-order valence-electron chi connectivity index (χ4n) is 4.07. The number of amides is 1. The van der Waals surface area contributed by atoms with E-state index in [0.29, 0.717) is 23.9 Å². The Labute approximate surface area is 223 Å². The van der Waals surface area contributed by atoms with Gasteiger partial charge >= 0.3 is 0 Å². The minimum atomic E-state index is 0.0330. The van der Waals surface area contributed by atoms with Crippen LogP contribution in [0.5, 0.6) is 5.75 Å². The van der Waals surface area contributed by atoms with Crippen molar-refractivity contribution < 1.29 is 9.53 Å². The van der Waals surface area contributed by atoms with Crippen molar-refractivity contribution in [2.75, 3.05) is 32.5 Å². The summed E-state index contributed by atoms with van der Waals surface area (Å²) in [7, 11) is 3.95. The van der Waals surface area contributed by atoms with Crippen molar-refractivity contribution in [2.24, 2.45) is 0 Å². The number of hydrogen-bond acceptors (Lipinski definition) is 9. The van der Waals surface area contributed by atoms with Gasteiger partial charge in [0.2, 0.25) is 5.91 Å². The van der Waals surface area contributed by atoms with E-state index >= 15 is 0 Å². The lowest BCUT2D eigenvalue weighted by Gasteiger charge is -2.26. The maximum absolute atomic E-state index is 12.7. The Balaban J connectivity index is 1.31. The Morgan fingerprint density at radius 3 is 2.95 bits per heavy atom. The Morgan fingerprint density at radius 2 is 2.16 bits per heavy atom.